The zero-order chi connectivity index (χ0) is 16.9. The van der Waals surface area contributed by atoms with Crippen molar-refractivity contribution in [3.63, 3.8) is 0 Å². The molecule has 0 unspecified atom stereocenters. The number of carbonyl (C=O) groups excluding carboxylic acids is 2. The van der Waals surface area contributed by atoms with Crippen LogP contribution in [0, 0.1) is 5.82 Å². The zero-order valence-corrected chi connectivity index (χ0v) is 13.1. The fraction of sp³-hybridized carbons (Fsp3) is 0.375. The summed E-state index contributed by atoms with van der Waals surface area (Å²) in [5, 5.41) is 3.96. The van der Waals surface area contributed by atoms with Crippen LogP contribution in [0.3, 0.4) is 0 Å². The van der Waals surface area contributed by atoms with E-state index in [1.807, 2.05) is 0 Å². The Morgan fingerprint density at radius 2 is 1.71 bits per heavy atom. The molecule has 7 nitrogen and oxygen atoms in total. The minimum atomic E-state index is -0.366. The second kappa shape index (κ2) is 7.20. The molecule has 1 aromatic heterocycles. The van der Waals surface area contributed by atoms with Crippen molar-refractivity contribution in [2.24, 2.45) is 0 Å². The molecule has 0 N–H and O–H groups in total. The van der Waals surface area contributed by atoms with Crippen molar-refractivity contribution >= 4 is 11.8 Å². The fourth-order valence-corrected chi connectivity index (χ4v) is 2.65. The van der Waals surface area contributed by atoms with Crippen LogP contribution in [-0.2, 0) is 11.3 Å². The summed E-state index contributed by atoms with van der Waals surface area (Å²) in [6.07, 6.45) is 3.37. The molecule has 0 bridgehead atoms. The Balaban J connectivity index is 1.49. The first-order valence-electron chi connectivity index (χ1n) is 7.78. The van der Waals surface area contributed by atoms with Crippen LogP contribution in [0.4, 0.5) is 4.39 Å². The third-order valence-corrected chi connectivity index (χ3v) is 4.03. The van der Waals surface area contributed by atoms with Gasteiger partial charge in [0.15, 0.2) is 0 Å². The Labute approximate surface area is 138 Å². The highest BCUT2D eigenvalue weighted by molar-refractivity contribution is 5.94. The SMILES string of the molecule is O=C(CCn1cncn1)N1CCN(C(=O)c2ccc(F)cc2)CC1. The molecule has 0 radical (unpaired) electrons. The van der Waals surface area contributed by atoms with E-state index < -0.39 is 0 Å². The predicted octanol–water partition coefficient (Wildman–Crippen LogP) is 0.792. The second-order valence-corrected chi connectivity index (χ2v) is 5.59. The van der Waals surface area contributed by atoms with E-state index >= 15 is 0 Å². The summed E-state index contributed by atoms with van der Waals surface area (Å²) >= 11 is 0. The molecule has 1 aromatic carbocycles. The lowest BCUT2D eigenvalue weighted by Crippen LogP contribution is -2.50. The number of hydrogen-bond donors (Lipinski definition) is 0. The van der Waals surface area contributed by atoms with Gasteiger partial charge in [0.2, 0.25) is 5.91 Å². The van der Waals surface area contributed by atoms with Crippen molar-refractivity contribution in [3.8, 4) is 0 Å². The number of piperazine rings is 1. The number of aryl methyl sites for hydroxylation is 1. The summed E-state index contributed by atoms with van der Waals surface area (Å²) < 4.78 is 14.5. The van der Waals surface area contributed by atoms with Crippen LogP contribution in [-0.4, -0.2) is 62.6 Å². The van der Waals surface area contributed by atoms with Crippen LogP contribution in [0.15, 0.2) is 36.9 Å². The molecule has 1 aliphatic heterocycles. The van der Waals surface area contributed by atoms with Crippen LogP contribution < -0.4 is 0 Å². The number of rotatable bonds is 4. The molecule has 3 rings (SSSR count). The summed E-state index contributed by atoms with van der Waals surface area (Å²) in [7, 11) is 0. The molecule has 8 heteroatoms. The largest absolute Gasteiger partial charge is 0.339 e. The van der Waals surface area contributed by atoms with E-state index in [1.165, 1.54) is 30.6 Å². The smallest absolute Gasteiger partial charge is 0.253 e. The van der Waals surface area contributed by atoms with E-state index in [0.717, 1.165) is 0 Å². The highest BCUT2D eigenvalue weighted by Gasteiger charge is 2.24. The first-order valence-corrected chi connectivity index (χ1v) is 7.78. The summed E-state index contributed by atoms with van der Waals surface area (Å²) in [6, 6.07) is 5.51. The van der Waals surface area contributed by atoms with Crippen molar-refractivity contribution in [1.82, 2.24) is 24.6 Å². The van der Waals surface area contributed by atoms with Gasteiger partial charge in [0.05, 0.1) is 6.54 Å². The minimum absolute atomic E-state index is 0.0411. The van der Waals surface area contributed by atoms with Gasteiger partial charge in [-0.15, -0.1) is 0 Å². The van der Waals surface area contributed by atoms with Crippen LogP contribution in [0.1, 0.15) is 16.8 Å². The maximum absolute atomic E-state index is 12.9. The average molecular weight is 331 g/mol. The van der Waals surface area contributed by atoms with Crippen LogP contribution in [0.25, 0.3) is 0 Å². The topological polar surface area (TPSA) is 71.3 Å². The summed E-state index contributed by atoms with van der Waals surface area (Å²) in [5.41, 5.74) is 0.461. The quantitative estimate of drug-likeness (QED) is 0.830. The second-order valence-electron chi connectivity index (χ2n) is 5.59. The van der Waals surface area contributed by atoms with Gasteiger partial charge in [0.1, 0.15) is 18.5 Å². The molecule has 1 fully saturated rings. The third-order valence-electron chi connectivity index (χ3n) is 4.03. The van der Waals surface area contributed by atoms with E-state index in [-0.39, 0.29) is 17.6 Å². The van der Waals surface area contributed by atoms with Gasteiger partial charge in [-0.2, -0.15) is 5.10 Å². The molecule has 2 amide bonds. The van der Waals surface area contributed by atoms with Gasteiger partial charge in [0, 0.05) is 38.2 Å². The number of benzene rings is 1. The lowest BCUT2D eigenvalue weighted by Gasteiger charge is -2.34. The highest BCUT2D eigenvalue weighted by atomic mass is 19.1. The standard InChI is InChI=1S/C16H18FN5O2/c17-14-3-1-13(2-4-14)16(24)21-9-7-20(8-10-21)15(23)5-6-22-12-18-11-19-22/h1-4,11-12H,5-10H2. The molecule has 0 atom stereocenters. The van der Waals surface area contributed by atoms with Gasteiger partial charge >= 0.3 is 0 Å². The van der Waals surface area contributed by atoms with Gasteiger partial charge < -0.3 is 9.80 Å². The van der Waals surface area contributed by atoms with E-state index in [1.54, 1.807) is 20.8 Å². The Kier molecular flexibility index (Phi) is 4.83. The number of carbonyl (C=O) groups is 2. The monoisotopic (exact) mass is 331 g/mol. The van der Waals surface area contributed by atoms with Crippen molar-refractivity contribution in [2.75, 3.05) is 26.2 Å². The van der Waals surface area contributed by atoms with Gasteiger partial charge in [-0.3, -0.25) is 14.3 Å². The van der Waals surface area contributed by atoms with Crippen LogP contribution >= 0.6 is 0 Å². The molecule has 24 heavy (non-hydrogen) atoms. The predicted molar refractivity (Wildman–Crippen MR) is 83.5 cm³/mol. The lowest BCUT2D eigenvalue weighted by molar-refractivity contribution is -0.132. The van der Waals surface area contributed by atoms with E-state index in [2.05, 4.69) is 10.1 Å². The molecule has 1 saturated heterocycles. The highest BCUT2D eigenvalue weighted by Crippen LogP contribution is 2.11. The minimum Gasteiger partial charge on any atom is -0.339 e. The molecule has 2 heterocycles. The van der Waals surface area contributed by atoms with Gasteiger partial charge in [-0.25, -0.2) is 9.37 Å². The Bertz CT molecular complexity index is 694. The number of halogens is 1. The Morgan fingerprint density at radius 3 is 2.33 bits per heavy atom. The summed E-state index contributed by atoms with van der Waals surface area (Å²) in [6.45, 7) is 2.45. The number of nitrogens with zero attached hydrogens (tertiary/aromatic N) is 5. The van der Waals surface area contributed by atoms with Gasteiger partial charge in [-0.1, -0.05) is 0 Å². The summed E-state index contributed by atoms with van der Waals surface area (Å²) in [4.78, 5) is 31.8. The van der Waals surface area contributed by atoms with Crippen LogP contribution in [0.2, 0.25) is 0 Å². The summed E-state index contributed by atoms with van der Waals surface area (Å²) in [5.74, 6) is -0.460. The first-order chi connectivity index (χ1) is 11.6. The van der Waals surface area contributed by atoms with Crippen molar-refractivity contribution in [2.45, 2.75) is 13.0 Å². The molecule has 0 spiro atoms. The van der Waals surface area contributed by atoms with E-state index in [9.17, 15) is 14.0 Å². The van der Waals surface area contributed by atoms with Crippen molar-refractivity contribution < 1.29 is 14.0 Å². The number of aromatic nitrogens is 3. The molecule has 126 valence electrons. The first kappa shape index (κ1) is 16.1. The molecule has 1 aliphatic rings. The molecular formula is C16H18FN5O2. The number of amides is 2. The molecule has 0 aliphatic carbocycles. The van der Waals surface area contributed by atoms with E-state index in [4.69, 9.17) is 0 Å². The van der Waals surface area contributed by atoms with Crippen molar-refractivity contribution in [1.29, 1.82) is 0 Å². The maximum Gasteiger partial charge on any atom is 0.253 e. The van der Waals surface area contributed by atoms with E-state index in [0.29, 0.717) is 44.7 Å². The third kappa shape index (κ3) is 3.76. The van der Waals surface area contributed by atoms with Gasteiger partial charge in [-0.05, 0) is 24.3 Å². The zero-order valence-electron chi connectivity index (χ0n) is 13.1. The lowest BCUT2D eigenvalue weighted by atomic mass is 10.1. The van der Waals surface area contributed by atoms with Crippen LogP contribution in [0.5, 0.6) is 0 Å². The Hall–Kier alpha value is -2.77. The molecule has 0 saturated carbocycles. The molecule has 2 aromatic rings. The van der Waals surface area contributed by atoms with Gasteiger partial charge in [0.25, 0.3) is 5.91 Å². The maximum atomic E-state index is 12.9. The Morgan fingerprint density at radius 1 is 1.04 bits per heavy atom. The average Bonchev–Trinajstić information content (AvgIpc) is 3.13. The number of hydrogen-bond acceptors (Lipinski definition) is 4. The molecular weight excluding hydrogens is 313 g/mol. The fourth-order valence-electron chi connectivity index (χ4n) is 2.65. The van der Waals surface area contributed by atoms with Crippen molar-refractivity contribution in [3.05, 3.63) is 48.3 Å². The normalized spacial score (nSPS) is 14.7.